The van der Waals surface area contributed by atoms with Crippen LogP contribution < -0.4 is 0 Å². The molecule has 0 heterocycles. The Bertz CT molecular complexity index is 306. The molecule has 0 amide bonds. The normalized spacial score (nSPS) is 15.1. The Morgan fingerprint density at radius 2 is 1.43 bits per heavy atom. The van der Waals surface area contributed by atoms with Crippen molar-refractivity contribution in [1.29, 1.82) is 0 Å². The monoisotopic (exact) mass is 306 g/mol. The van der Waals surface area contributed by atoms with E-state index in [2.05, 4.69) is 0 Å². The Morgan fingerprint density at radius 3 is 1.90 bits per heavy atom. The molecule has 3 unspecified atom stereocenters. The quantitative estimate of drug-likeness (QED) is 0.455. The van der Waals surface area contributed by atoms with Crippen LogP contribution in [0.15, 0.2) is 0 Å². The molecule has 0 aliphatic heterocycles. The van der Waals surface area contributed by atoms with Crippen LogP contribution in [-0.4, -0.2) is 48.9 Å². The van der Waals surface area contributed by atoms with Crippen LogP contribution in [0.1, 0.15) is 47.0 Å². The van der Waals surface area contributed by atoms with Crippen LogP contribution in [0.5, 0.6) is 0 Å². The summed E-state index contributed by atoms with van der Waals surface area (Å²) in [6, 6.07) is 0. The first-order valence-corrected chi connectivity index (χ1v) is 7.21. The van der Waals surface area contributed by atoms with Gasteiger partial charge in [0.15, 0.2) is 18.7 Å². The van der Waals surface area contributed by atoms with Gasteiger partial charge in [0.25, 0.3) is 0 Å². The standard InChI is InChI=1S/C14H26O7/c1-5-7-18-10(3)20-13(16)9-12(15)14(17)21-11(4)19-8-6-2/h10-12,15H,5-9H2,1-4H3. The summed E-state index contributed by atoms with van der Waals surface area (Å²) in [4.78, 5) is 23.0. The lowest BCUT2D eigenvalue weighted by atomic mass is 10.2. The maximum Gasteiger partial charge on any atom is 0.337 e. The van der Waals surface area contributed by atoms with Crippen LogP contribution in [0.2, 0.25) is 0 Å². The molecule has 1 N–H and O–H groups in total. The Balaban J connectivity index is 4.01. The summed E-state index contributed by atoms with van der Waals surface area (Å²) in [5.74, 6) is -1.65. The van der Waals surface area contributed by atoms with Crippen LogP contribution in [-0.2, 0) is 28.5 Å². The Kier molecular flexibility index (Phi) is 10.8. The molecule has 0 aromatic heterocycles. The highest BCUT2D eigenvalue weighted by Gasteiger charge is 2.24. The van der Waals surface area contributed by atoms with Gasteiger partial charge in [-0.1, -0.05) is 13.8 Å². The highest BCUT2D eigenvalue weighted by atomic mass is 16.7. The zero-order valence-corrected chi connectivity index (χ0v) is 13.2. The van der Waals surface area contributed by atoms with Gasteiger partial charge in [-0.2, -0.15) is 0 Å². The van der Waals surface area contributed by atoms with E-state index in [9.17, 15) is 14.7 Å². The van der Waals surface area contributed by atoms with Crippen molar-refractivity contribution < 1.29 is 33.6 Å². The lowest BCUT2D eigenvalue weighted by Gasteiger charge is -2.17. The van der Waals surface area contributed by atoms with E-state index in [4.69, 9.17) is 18.9 Å². The molecule has 0 aromatic carbocycles. The molecule has 0 saturated carbocycles. The topological polar surface area (TPSA) is 91.3 Å². The maximum absolute atomic E-state index is 11.5. The van der Waals surface area contributed by atoms with Gasteiger partial charge in [-0.05, 0) is 26.7 Å². The third kappa shape index (κ3) is 10.2. The lowest BCUT2D eigenvalue weighted by molar-refractivity contribution is -0.190. The summed E-state index contributed by atoms with van der Waals surface area (Å²) >= 11 is 0. The van der Waals surface area contributed by atoms with Crippen LogP contribution in [0.4, 0.5) is 0 Å². The molecule has 0 radical (unpaired) electrons. The predicted octanol–water partition coefficient (Wildman–Crippen LogP) is 1.37. The van der Waals surface area contributed by atoms with Crippen molar-refractivity contribution in [2.75, 3.05) is 13.2 Å². The van der Waals surface area contributed by atoms with Crippen LogP contribution in [0.25, 0.3) is 0 Å². The molecule has 0 rings (SSSR count). The number of hydrogen-bond donors (Lipinski definition) is 1. The zero-order valence-electron chi connectivity index (χ0n) is 13.2. The van der Waals surface area contributed by atoms with E-state index in [0.29, 0.717) is 13.2 Å². The molecule has 0 aromatic rings. The van der Waals surface area contributed by atoms with Gasteiger partial charge in [-0.3, -0.25) is 4.79 Å². The van der Waals surface area contributed by atoms with Crippen molar-refractivity contribution in [3.8, 4) is 0 Å². The van der Waals surface area contributed by atoms with Gasteiger partial charge in [0.05, 0.1) is 19.6 Å². The van der Waals surface area contributed by atoms with E-state index >= 15 is 0 Å². The van der Waals surface area contributed by atoms with Gasteiger partial charge in [-0.25, -0.2) is 4.79 Å². The van der Waals surface area contributed by atoms with E-state index in [-0.39, 0.29) is 0 Å². The number of ether oxygens (including phenoxy) is 4. The molecule has 0 aliphatic rings. The summed E-state index contributed by atoms with van der Waals surface area (Å²) in [7, 11) is 0. The van der Waals surface area contributed by atoms with Crippen LogP contribution in [0, 0.1) is 0 Å². The summed E-state index contributed by atoms with van der Waals surface area (Å²) in [5, 5.41) is 9.58. The third-order valence-corrected chi connectivity index (χ3v) is 2.32. The van der Waals surface area contributed by atoms with Crippen LogP contribution in [0.3, 0.4) is 0 Å². The number of rotatable bonds is 11. The Morgan fingerprint density at radius 1 is 0.952 bits per heavy atom. The van der Waals surface area contributed by atoms with Crippen molar-refractivity contribution in [2.45, 2.75) is 65.6 Å². The van der Waals surface area contributed by atoms with E-state index in [1.807, 2.05) is 13.8 Å². The minimum Gasteiger partial charge on any atom is -0.436 e. The maximum atomic E-state index is 11.5. The SMILES string of the molecule is CCCOC(C)OC(=O)CC(O)C(=O)OC(C)OCCC. The summed E-state index contributed by atoms with van der Waals surface area (Å²) < 4.78 is 20.0. The van der Waals surface area contributed by atoms with Gasteiger partial charge < -0.3 is 24.1 Å². The number of hydrogen-bond acceptors (Lipinski definition) is 7. The second-order valence-corrected chi connectivity index (χ2v) is 4.52. The predicted molar refractivity (Wildman–Crippen MR) is 74.2 cm³/mol. The zero-order chi connectivity index (χ0) is 16.3. The van der Waals surface area contributed by atoms with Gasteiger partial charge in [0.1, 0.15) is 0 Å². The highest BCUT2D eigenvalue weighted by Crippen LogP contribution is 2.05. The number of carbonyl (C=O) groups is 2. The molecule has 0 saturated heterocycles. The summed E-state index contributed by atoms with van der Waals surface area (Å²) in [6.45, 7) is 7.86. The first-order chi connectivity index (χ1) is 9.90. The second-order valence-electron chi connectivity index (χ2n) is 4.52. The highest BCUT2D eigenvalue weighted by molar-refractivity contribution is 5.81. The first-order valence-electron chi connectivity index (χ1n) is 7.21. The number of aliphatic hydroxyl groups is 1. The van der Waals surface area contributed by atoms with E-state index in [1.54, 1.807) is 13.8 Å². The molecule has 7 nitrogen and oxygen atoms in total. The van der Waals surface area contributed by atoms with Crippen molar-refractivity contribution in [3.05, 3.63) is 0 Å². The molecule has 0 aliphatic carbocycles. The molecule has 21 heavy (non-hydrogen) atoms. The molecular weight excluding hydrogens is 280 g/mol. The van der Waals surface area contributed by atoms with Crippen molar-refractivity contribution >= 4 is 11.9 Å². The van der Waals surface area contributed by atoms with Gasteiger partial charge >= 0.3 is 11.9 Å². The van der Waals surface area contributed by atoms with Crippen molar-refractivity contribution in [1.82, 2.24) is 0 Å². The number of esters is 2. The Hall–Kier alpha value is -1.18. The minimum atomic E-state index is -1.58. The van der Waals surface area contributed by atoms with Crippen molar-refractivity contribution in [3.63, 3.8) is 0 Å². The lowest BCUT2D eigenvalue weighted by Crippen LogP contribution is -2.31. The smallest absolute Gasteiger partial charge is 0.337 e. The van der Waals surface area contributed by atoms with E-state index in [0.717, 1.165) is 12.8 Å². The van der Waals surface area contributed by atoms with Crippen LogP contribution >= 0.6 is 0 Å². The number of aliphatic hydroxyl groups excluding tert-OH is 1. The Labute approximate surface area is 125 Å². The second kappa shape index (κ2) is 11.5. The average Bonchev–Trinajstić information content (AvgIpc) is 2.42. The van der Waals surface area contributed by atoms with E-state index in [1.165, 1.54) is 0 Å². The largest absolute Gasteiger partial charge is 0.436 e. The first kappa shape index (κ1) is 19.8. The van der Waals surface area contributed by atoms with Gasteiger partial charge in [0, 0.05) is 0 Å². The van der Waals surface area contributed by atoms with Crippen molar-refractivity contribution in [2.24, 2.45) is 0 Å². The minimum absolute atomic E-state index is 0.443. The molecule has 3 atom stereocenters. The van der Waals surface area contributed by atoms with E-state index < -0.39 is 37.0 Å². The molecule has 0 bridgehead atoms. The molecular formula is C14H26O7. The van der Waals surface area contributed by atoms with Gasteiger partial charge in [-0.15, -0.1) is 0 Å². The fraction of sp³-hybridized carbons (Fsp3) is 0.857. The molecule has 7 heteroatoms. The third-order valence-electron chi connectivity index (χ3n) is 2.32. The fourth-order valence-corrected chi connectivity index (χ4v) is 1.35. The van der Waals surface area contributed by atoms with Gasteiger partial charge in [0.2, 0.25) is 0 Å². The molecule has 0 spiro atoms. The fourth-order valence-electron chi connectivity index (χ4n) is 1.35. The molecule has 124 valence electrons. The summed E-state index contributed by atoms with van der Waals surface area (Å²) in [5.41, 5.74) is 0. The summed E-state index contributed by atoms with van der Waals surface area (Å²) in [6.07, 6.45) is -1.97. The average molecular weight is 306 g/mol. The molecule has 0 fully saturated rings. The number of carbonyl (C=O) groups excluding carboxylic acids is 2.